The lowest BCUT2D eigenvalue weighted by Gasteiger charge is -2.48. The third-order valence-corrected chi connectivity index (χ3v) is 6.39. The molecule has 0 spiro atoms. The Balaban J connectivity index is 1.62. The van der Waals surface area contributed by atoms with Crippen molar-refractivity contribution in [1.29, 1.82) is 0 Å². The van der Waals surface area contributed by atoms with Crippen molar-refractivity contribution in [2.24, 2.45) is 0 Å². The maximum absolute atomic E-state index is 13.4. The van der Waals surface area contributed by atoms with E-state index in [-0.39, 0.29) is 17.5 Å². The molecular weight excluding hydrogens is 368 g/mol. The van der Waals surface area contributed by atoms with Crippen LogP contribution in [-0.2, 0) is 0 Å². The fourth-order valence-electron chi connectivity index (χ4n) is 4.78. The number of rotatable bonds is 4. The van der Waals surface area contributed by atoms with Gasteiger partial charge in [-0.25, -0.2) is 0 Å². The summed E-state index contributed by atoms with van der Waals surface area (Å²) < 4.78 is 10.8. The van der Waals surface area contributed by atoms with Crippen LogP contribution in [0.4, 0.5) is 0 Å². The summed E-state index contributed by atoms with van der Waals surface area (Å²) in [7, 11) is 3.25. The number of benzene rings is 1. The number of ether oxygens (including phenoxy) is 2. The number of nitrogens with one attached hydrogen (secondary N) is 2. The molecule has 0 bridgehead atoms. The van der Waals surface area contributed by atoms with Crippen molar-refractivity contribution < 1.29 is 14.3 Å². The molecular formula is C22H30N4O3. The molecule has 7 heteroatoms. The first-order valence-corrected chi connectivity index (χ1v) is 10.4. The minimum absolute atomic E-state index is 0.0106. The number of aromatic nitrogens is 2. The predicted octanol–water partition coefficient (Wildman–Crippen LogP) is 3.23. The molecule has 156 valence electrons. The van der Waals surface area contributed by atoms with Gasteiger partial charge < -0.3 is 19.7 Å². The Kier molecular flexibility index (Phi) is 5.50. The zero-order valence-corrected chi connectivity index (χ0v) is 17.5. The summed E-state index contributed by atoms with van der Waals surface area (Å²) in [6.07, 6.45) is 5.47. The zero-order valence-electron chi connectivity index (χ0n) is 17.5. The summed E-state index contributed by atoms with van der Waals surface area (Å²) in [5, 5.41) is 11.1. The second kappa shape index (κ2) is 8.06. The third-order valence-electron chi connectivity index (χ3n) is 6.39. The minimum atomic E-state index is -0.0106. The van der Waals surface area contributed by atoms with Crippen LogP contribution in [0.25, 0.3) is 11.3 Å². The maximum Gasteiger partial charge on any atom is 0.272 e. The maximum atomic E-state index is 13.4. The number of piperidine rings is 1. The lowest BCUT2D eigenvalue weighted by atomic mass is 9.81. The van der Waals surface area contributed by atoms with Crippen molar-refractivity contribution in [3.8, 4) is 22.8 Å². The molecule has 2 saturated heterocycles. The first kappa shape index (κ1) is 19.8. The number of hydrogen-bond donors (Lipinski definition) is 2. The van der Waals surface area contributed by atoms with Gasteiger partial charge in [0, 0.05) is 23.7 Å². The molecule has 2 atom stereocenters. The molecule has 0 unspecified atom stereocenters. The Bertz CT molecular complexity index is 881. The molecule has 1 amide bonds. The molecule has 2 aromatic rings. The largest absolute Gasteiger partial charge is 0.497 e. The molecule has 2 aliphatic heterocycles. The summed E-state index contributed by atoms with van der Waals surface area (Å²) in [4.78, 5) is 15.4. The number of amides is 1. The average Bonchev–Trinajstić information content (AvgIpc) is 3.14. The fourth-order valence-corrected chi connectivity index (χ4v) is 4.78. The molecule has 2 N–H and O–H groups in total. The predicted molar refractivity (Wildman–Crippen MR) is 111 cm³/mol. The van der Waals surface area contributed by atoms with Crippen molar-refractivity contribution >= 4 is 5.91 Å². The summed E-state index contributed by atoms with van der Waals surface area (Å²) in [5.41, 5.74) is 1.96. The lowest BCUT2D eigenvalue weighted by Crippen LogP contribution is -2.62. The van der Waals surface area contributed by atoms with Crippen molar-refractivity contribution in [2.45, 2.75) is 50.6 Å². The van der Waals surface area contributed by atoms with Crippen LogP contribution in [0.2, 0.25) is 0 Å². The second-order valence-corrected chi connectivity index (χ2v) is 8.19. The highest BCUT2D eigenvalue weighted by Gasteiger charge is 2.43. The van der Waals surface area contributed by atoms with E-state index in [1.165, 1.54) is 0 Å². The molecule has 0 saturated carbocycles. The quantitative estimate of drug-likeness (QED) is 0.827. The van der Waals surface area contributed by atoms with Crippen molar-refractivity contribution in [3.05, 3.63) is 30.0 Å². The number of likely N-dealkylation sites (tertiary alicyclic amines) is 1. The van der Waals surface area contributed by atoms with Crippen molar-refractivity contribution in [1.82, 2.24) is 20.4 Å². The van der Waals surface area contributed by atoms with E-state index in [1.54, 1.807) is 14.2 Å². The third kappa shape index (κ3) is 3.71. The summed E-state index contributed by atoms with van der Waals surface area (Å²) in [5.74, 6) is 1.42. The SMILES string of the molecule is COc1ccc(OC)c(-c2cc(C(=O)N3CCC[C@]4(C)NCCCC[C@H]34)[nH]n2)c1. The average molecular weight is 399 g/mol. The van der Waals surface area contributed by atoms with E-state index in [0.717, 1.165) is 50.8 Å². The van der Waals surface area contributed by atoms with Gasteiger partial charge in [-0.3, -0.25) is 9.89 Å². The number of fused-ring (bicyclic) bond motifs is 1. The summed E-state index contributed by atoms with van der Waals surface area (Å²) in [6, 6.07) is 7.59. The number of methoxy groups -OCH3 is 2. The van der Waals surface area contributed by atoms with E-state index >= 15 is 0 Å². The monoisotopic (exact) mass is 398 g/mol. The van der Waals surface area contributed by atoms with Crippen LogP contribution in [0.1, 0.15) is 49.5 Å². The zero-order chi connectivity index (χ0) is 20.4. The number of H-pyrrole nitrogens is 1. The van der Waals surface area contributed by atoms with E-state index < -0.39 is 0 Å². The minimum Gasteiger partial charge on any atom is -0.497 e. The topological polar surface area (TPSA) is 79.5 Å². The number of aromatic amines is 1. The summed E-state index contributed by atoms with van der Waals surface area (Å²) in [6.45, 7) is 4.08. The van der Waals surface area contributed by atoms with Crippen LogP contribution in [0.3, 0.4) is 0 Å². The lowest BCUT2D eigenvalue weighted by molar-refractivity contribution is 0.0374. The first-order chi connectivity index (χ1) is 14.1. The highest BCUT2D eigenvalue weighted by Crippen LogP contribution is 2.35. The van der Waals surface area contributed by atoms with Crippen LogP contribution >= 0.6 is 0 Å². The van der Waals surface area contributed by atoms with Gasteiger partial charge in [0.2, 0.25) is 0 Å². The molecule has 2 aliphatic rings. The molecule has 0 aliphatic carbocycles. The molecule has 4 rings (SSSR count). The molecule has 3 heterocycles. The van der Waals surface area contributed by atoms with E-state index in [0.29, 0.717) is 22.9 Å². The van der Waals surface area contributed by atoms with E-state index in [2.05, 4.69) is 22.4 Å². The number of carbonyl (C=O) groups is 1. The Morgan fingerprint density at radius 1 is 1.21 bits per heavy atom. The Hall–Kier alpha value is -2.54. The van der Waals surface area contributed by atoms with Gasteiger partial charge in [-0.2, -0.15) is 5.10 Å². The van der Waals surface area contributed by atoms with Gasteiger partial charge in [-0.15, -0.1) is 0 Å². The smallest absolute Gasteiger partial charge is 0.272 e. The van der Waals surface area contributed by atoms with E-state index in [4.69, 9.17) is 9.47 Å². The van der Waals surface area contributed by atoms with Crippen LogP contribution in [-0.4, -0.2) is 59.9 Å². The molecule has 2 fully saturated rings. The number of carbonyl (C=O) groups excluding carboxylic acids is 1. The van der Waals surface area contributed by atoms with E-state index in [9.17, 15) is 4.79 Å². The van der Waals surface area contributed by atoms with Gasteiger partial charge in [-0.05, 0) is 63.4 Å². The van der Waals surface area contributed by atoms with Gasteiger partial charge in [0.05, 0.1) is 19.9 Å². The van der Waals surface area contributed by atoms with Crippen molar-refractivity contribution in [3.63, 3.8) is 0 Å². The Morgan fingerprint density at radius 3 is 2.86 bits per heavy atom. The molecule has 29 heavy (non-hydrogen) atoms. The van der Waals surface area contributed by atoms with Gasteiger partial charge >= 0.3 is 0 Å². The van der Waals surface area contributed by atoms with E-state index in [1.807, 2.05) is 29.2 Å². The van der Waals surface area contributed by atoms with Gasteiger partial charge in [0.15, 0.2) is 0 Å². The first-order valence-electron chi connectivity index (χ1n) is 10.4. The van der Waals surface area contributed by atoms with Crippen LogP contribution in [0.5, 0.6) is 11.5 Å². The van der Waals surface area contributed by atoms with Crippen molar-refractivity contribution in [2.75, 3.05) is 27.3 Å². The fraction of sp³-hybridized carbons (Fsp3) is 0.545. The summed E-state index contributed by atoms with van der Waals surface area (Å²) >= 11 is 0. The molecule has 1 aromatic heterocycles. The second-order valence-electron chi connectivity index (χ2n) is 8.19. The normalized spacial score (nSPS) is 24.5. The van der Waals surface area contributed by atoms with Gasteiger partial charge in [-0.1, -0.05) is 6.42 Å². The van der Waals surface area contributed by atoms with Gasteiger partial charge in [0.1, 0.15) is 17.2 Å². The highest BCUT2D eigenvalue weighted by atomic mass is 16.5. The van der Waals surface area contributed by atoms with Crippen LogP contribution in [0.15, 0.2) is 24.3 Å². The standard InChI is InChI=1S/C22H30N4O3/c1-22-10-6-12-26(20(22)7-4-5-11-23-22)21(27)18-14-17(24-25-18)16-13-15(28-2)8-9-19(16)29-3/h8-9,13-14,20,23H,4-7,10-12H2,1-3H3,(H,24,25)/t20-,22-/m0/s1. The molecule has 0 radical (unpaired) electrons. The Labute approximate surface area is 171 Å². The molecule has 7 nitrogen and oxygen atoms in total. The Morgan fingerprint density at radius 2 is 2.07 bits per heavy atom. The van der Waals surface area contributed by atoms with Gasteiger partial charge in [0.25, 0.3) is 5.91 Å². The van der Waals surface area contributed by atoms with Crippen LogP contribution < -0.4 is 14.8 Å². The number of nitrogens with zero attached hydrogens (tertiary/aromatic N) is 2. The van der Waals surface area contributed by atoms with Crippen LogP contribution in [0, 0.1) is 0 Å². The highest BCUT2D eigenvalue weighted by molar-refractivity contribution is 5.94. The number of hydrogen-bond acceptors (Lipinski definition) is 5. The molecule has 1 aromatic carbocycles.